The van der Waals surface area contributed by atoms with Crippen LogP contribution in [0.4, 0.5) is 0 Å². The van der Waals surface area contributed by atoms with Crippen LogP contribution in [0.1, 0.15) is 18.9 Å². The summed E-state index contributed by atoms with van der Waals surface area (Å²) in [6.07, 6.45) is 10.4. The second-order valence-electron chi connectivity index (χ2n) is 5.35. The zero-order valence-corrected chi connectivity index (χ0v) is 13.1. The van der Waals surface area contributed by atoms with Gasteiger partial charge in [-0.1, -0.05) is 37.3 Å². The zero-order valence-electron chi connectivity index (χ0n) is 12.3. The van der Waals surface area contributed by atoms with Crippen molar-refractivity contribution in [1.82, 2.24) is 0 Å². The van der Waals surface area contributed by atoms with Crippen LogP contribution in [0.25, 0.3) is 5.57 Å². The van der Waals surface area contributed by atoms with E-state index >= 15 is 0 Å². The average Bonchev–Trinajstić information content (AvgIpc) is 3.02. The Morgan fingerprint density at radius 2 is 2.33 bits per heavy atom. The molecule has 0 saturated heterocycles. The van der Waals surface area contributed by atoms with Crippen LogP contribution in [-0.2, 0) is 9.53 Å². The van der Waals surface area contributed by atoms with Crippen molar-refractivity contribution in [3.8, 4) is 0 Å². The Balaban J connectivity index is 2.21. The number of ether oxygens (including phenoxy) is 1. The number of hydrogen-bond donors (Lipinski definition) is 1. The van der Waals surface area contributed by atoms with E-state index in [-0.39, 0.29) is 23.9 Å². The molecule has 1 aliphatic rings. The predicted octanol–water partition coefficient (Wildman–Crippen LogP) is 3.44. The molecule has 1 aromatic rings. The zero-order chi connectivity index (χ0) is 15.3. The molecule has 2 rings (SSSR count). The molecule has 0 radical (unpaired) electrons. The third-order valence-electron chi connectivity index (χ3n) is 3.91. The highest BCUT2D eigenvalue weighted by Gasteiger charge is 2.36. The molecule has 0 aromatic carbocycles. The summed E-state index contributed by atoms with van der Waals surface area (Å²) in [6, 6.07) is 1.99. The standard InChI is InChI=1S/C17H20O3S/c1-17(8-4-3-5-15(17)16(19)20-2)9-6-13(11-18)14-7-10-21-12-14/h3-8,10,12,15,18H,9,11H2,1-2H3/b13-6+. The molecular weight excluding hydrogens is 284 g/mol. The Hall–Kier alpha value is -1.65. The molecule has 1 aromatic heterocycles. The first-order valence-corrected chi connectivity index (χ1v) is 7.81. The minimum absolute atomic E-state index is 0.00470. The number of rotatable bonds is 5. The number of hydrogen-bond acceptors (Lipinski definition) is 4. The van der Waals surface area contributed by atoms with Gasteiger partial charge in [0.15, 0.2) is 0 Å². The van der Waals surface area contributed by atoms with Crippen molar-refractivity contribution in [2.75, 3.05) is 13.7 Å². The van der Waals surface area contributed by atoms with Crippen molar-refractivity contribution >= 4 is 22.9 Å². The Labute approximate surface area is 129 Å². The van der Waals surface area contributed by atoms with Gasteiger partial charge >= 0.3 is 5.97 Å². The van der Waals surface area contributed by atoms with Crippen molar-refractivity contribution < 1.29 is 14.6 Å². The molecule has 2 atom stereocenters. The maximum atomic E-state index is 11.9. The average molecular weight is 304 g/mol. The molecule has 0 aliphatic heterocycles. The molecule has 1 aliphatic carbocycles. The van der Waals surface area contributed by atoms with Gasteiger partial charge in [-0.05, 0) is 34.4 Å². The number of carbonyl (C=O) groups excluding carboxylic acids is 1. The number of aliphatic hydroxyl groups excluding tert-OH is 1. The van der Waals surface area contributed by atoms with E-state index < -0.39 is 0 Å². The van der Waals surface area contributed by atoms with Crippen molar-refractivity contribution in [2.24, 2.45) is 11.3 Å². The minimum Gasteiger partial charge on any atom is -0.469 e. The van der Waals surface area contributed by atoms with Gasteiger partial charge in [0.25, 0.3) is 0 Å². The van der Waals surface area contributed by atoms with E-state index in [0.717, 1.165) is 11.1 Å². The third kappa shape index (κ3) is 3.52. The van der Waals surface area contributed by atoms with Crippen molar-refractivity contribution in [1.29, 1.82) is 0 Å². The molecule has 0 spiro atoms. The van der Waals surface area contributed by atoms with Gasteiger partial charge in [-0.25, -0.2) is 0 Å². The number of esters is 1. The topological polar surface area (TPSA) is 46.5 Å². The molecule has 4 heteroatoms. The molecule has 1 heterocycles. The van der Waals surface area contributed by atoms with E-state index in [1.165, 1.54) is 7.11 Å². The monoisotopic (exact) mass is 304 g/mol. The van der Waals surface area contributed by atoms with Crippen LogP contribution in [0, 0.1) is 11.3 Å². The van der Waals surface area contributed by atoms with Gasteiger partial charge in [0, 0.05) is 5.41 Å². The summed E-state index contributed by atoms with van der Waals surface area (Å²) in [5.41, 5.74) is 1.60. The van der Waals surface area contributed by atoms with Crippen LogP contribution in [0.2, 0.25) is 0 Å². The van der Waals surface area contributed by atoms with E-state index in [1.54, 1.807) is 11.3 Å². The van der Waals surface area contributed by atoms with E-state index in [0.29, 0.717) is 6.42 Å². The van der Waals surface area contributed by atoms with E-state index in [4.69, 9.17) is 4.74 Å². The summed E-state index contributed by atoms with van der Waals surface area (Å²) < 4.78 is 4.90. The van der Waals surface area contributed by atoms with E-state index in [2.05, 4.69) is 0 Å². The van der Waals surface area contributed by atoms with E-state index in [1.807, 2.05) is 54.1 Å². The van der Waals surface area contributed by atoms with Crippen LogP contribution in [-0.4, -0.2) is 24.8 Å². The van der Waals surface area contributed by atoms with Crippen molar-refractivity contribution in [2.45, 2.75) is 13.3 Å². The fourth-order valence-corrected chi connectivity index (χ4v) is 3.19. The van der Waals surface area contributed by atoms with Gasteiger partial charge in [-0.3, -0.25) is 4.79 Å². The van der Waals surface area contributed by atoms with Crippen molar-refractivity contribution in [3.63, 3.8) is 0 Å². The molecule has 2 unspecified atom stereocenters. The van der Waals surface area contributed by atoms with Gasteiger partial charge in [0.2, 0.25) is 0 Å². The Bertz CT molecular complexity index is 569. The molecule has 0 saturated carbocycles. The minimum atomic E-state index is -0.335. The first-order chi connectivity index (χ1) is 10.1. The molecule has 0 bridgehead atoms. The number of aliphatic hydroxyl groups is 1. The lowest BCUT2D eigenvalue weighted by Crippen LogP contribution is -2.32. The molecule has 1 N–H and O–H groups in total. The van der Waals surface area contributed by atoms with Crippen LogP contribution in [0.5, 0.6) is 0 Å². The summed E-state index contributed by atoms with van der Waals surface area (Å²) in [5, 5.41) is 13.5. The number of methoxy groups -OCH3 is 1. The number of carbonyl (C=O) groups is 1. The molecule has 0 amide bonds. The molecule has 3 nitrogen and oxygen atoms in total. The fourth-order valence-electron chi connectivity index (χ4n) is 2.51. The summed E-state index contributed by atoms with van der Waals surface area (Å²) in [5.74, 6) is -0.529. The smallest absolute Gasteiger partial charge is 0.313 e. The van der Waals surface area contributed by atoms with E-state index in [9.17, 15) is 9.90 Å². The largest absolute Gasteiger partial charge is 0.469 e. The van der Waals surface area contributed by atoms with Gasteiger partial charge in [-0.2, -0.15) is 11.3 Å². The molecule has 0 fully saturated rings. The Kier molecular flexibility index (Phi) is 5.15. The summed E-state index contributed by atoms with van der Waals surface area (Å²) >= 11 is 1.60. The lowest BCUT2D eigenvalue weighted by Gasteiger charge is -2.32. The molecular formula is C17H20O3S. The fraction of sp³-hybridized carbons (Fsp3) is 0.353. The van der Waals surface area contributed by atoms with Gasteiger partial charge < -0.3 is 9.84 Å². The van der Waals surface area contributed by atoms with Crippen LogP contribution < -0.4 is 0 Å². The summed E-state index contributed by atoms with van der Waals surface area (Å²) in [6.45, 7) is 2.03. The highest BCUT2D eigenvalue weighted by atomic mass is 32.1. The highest BCUT2D eigenvalue weighted by Crippen LogP contribution is 2.38. The first-order valence-electron chi connectivity index (χ1n) is 6.87. The number of thiophene rings is 1. The van der Waals surface area contributed by atoms with Crippen molar-refractivity contribution in [3.05, 3.63) is 52.8 Å². The SMILES string of the molecule is COC(=O)C1C=CC=CC1(C)C/C=C(\CO)c1ccsc1. The maximum absolute atomic E-state index is 11.9. The highest BCUT2D eigenvalue weighted by molar-refractivity contribution is 7.08. The summed E-state index contributed by atoms with van der Waals surface area (Å²) in [7, 11) is 1.41. The van der Waals surface area contributed by atoms with Crippen LogP contribution >= 0.6 is 11.3 Å². The van der Waals surface area contributed by atoms with Crippen LogP contribution in [0.3, 0.4) is 0 Å². The Morgan fingerprint density at radius 3 is 2.95 bits per heavy atom. The normalized spacial score (nSPS) is 25.1. The Morgan fingerprint density at radius 1 is 1.52 bits per heavy atom. The predicted molar refractivity (Wildman–Crippen MR) is 85.9 cm³/mol. The van der Waals surface area contributed by atoms with Gasteiger partial charge in [0.05, 0.1) is 19.6 Å². The second kappa shape index (κ2) is 6.87. The lowest BCUT2D eigenvalue weighted by molar-refractivity contribution is -0.146. The number of allylic oxidation sites excluding steroid dienone is 4. The van der Waals surface area contributed by atoms with Gasteiger partial charge in [0.1, 0.15) is 0 Å². The van der Waals surface area contributed by atoms with Gasteiger partial charge in [-0.15, -0.1) is 0 Å². The van der Waals surface area contributed by atoms with Crippen LogP contribution in [0.15, 0.2) is 47.2 Å². The maximum Gasteiger partial charge on any atom is 0.313 e. The summed E-state index contributed by atoms with van der Waals surface area (Å²) in [4.78, 5) is 11.9. The quantitative estimate of drug-likeness (QED) is 0.848. The molecule has 21 heavy (non-hydrogen) atoms. The second-order valence-corrected chi connectivity index (χ2v) is 6.13. The molecule has 112 valence electrons. The third-order valence-corrected chi connectivity index (χ3v) is 4.59. The lowest BCUT2D eigenvalue weighted by atomic mass is 9.71. The first kappa shape index (κ1) is 15.7.